The van der Waals surface area contributed by atoms with Crippen LogP contribution in [0.1, 0.15) is 10.5 Å². The summed E-state index contributed by atoms with van der Waals surface area (Å²) in [5.74, 6) is 0.578. The number of aromatic nitrogens is 1. The number of hydrogen-bond donors (Lipinski definition) is 1. The highest BCUT2D eigenvalue weighted by molar-refractivity contribution is 9.10. The van der Waals surface area contributed by atoms with Crippen LogP contribution in [0.3, 0.4) is 0 Å². The van der Waals surface area contributed by atoms with Gasteiger partial charge in [0.25, 0.3) is 5.91 Å². The van der Waals surface area contributed by atoms with Crippen molar-refractivity contribution in [2.75, 3.05) is 13.7 Å². The molecule has 1 amide bonds. The van der Waals surface area contributed by atoms with E-state index in [1.165, 1.54) is 0 Å². The molecule has 1 aromatic heterocycles. The van der Waals surface area contributed by atoms with Crippen molar-refractivity contribution in [3.05, 3.63) is 28.4 Å². The first kappa shape index (κ1) is 10.7. The summed E-state index contributed by atoms with van der Waals surface area (Å²) in [5.41, 5.74) is 1.63. The zero-order valence-corrected chi connectivity index (χ0v) is 10.9. The molecule has 88 valence electrons. The normalized spacial score (nSPS) is 14.6. The van der Waals surface area contributed by atoms with E-state index in [1.807, 2.05) is 22.8 Å². The monoisotopic (exact) mass is 294 g/mol. The van der Waals surface area contributed by atoms with E-state index in [9.17, 15) is 4.79 Å². The van der Waals surface area contributed by atoms with Crippen molar-refractivity contribution in [3.63, 3.8) is 0 Å². The van der Waals surface area contributed by atoms with Crippen molar-refractivity contribution in [1.29, 1.82) is 0 Å². The Morgan fingerprint density at radius 2 is 2.29 bits per heavy atom. The largest absolute Gasteiger partial charge is 0.494 e. The van der Waals surface area contributed by atoms with Crippen LogP contribution in [0.2, 0.25) is 0 Å². The van der Waals surface area contributed by atoms with Gasteiger partial charge in [0.1, 0.15) is 0 Å². The molecule has 0 fully saturated rings. The minimum absolute atomic E-state index is 0.0730. The maximum absolute atomic E-state index is 11.9. The number of hydrogen-bond acceptors (Lipinski definition) is 2. The minimum Gasteiger partial charge on any atom is -0.494 e. The van der Waals surface area contributed by atoms with Gasteiger partial charge in [-0.05, 0) is 28.1 Å². The summed E-state index contributed by atoms with van der Waals surface area (Å²) in [6.07, 6.45) is 0. The lowest BCUT2D eigenvalue weighted by atomic mass is 10.2. The van der Waals surface area contributed by atoms with Gasteiger partial charge in [-0.15, -0.1) is 0 Å². The van der Waals surface area contributed by atoms with Crippen LogP contribution in [-0.2, 0) is 6.54 Å². The van der Waals surface area contributed by atoms with Crippen molar-refractivity contribution < 1.29 is 9.53 Å². The SMILES string of the molecule is COc1c2n(c3c(Br)cccc13)CCNC2=O. The summed E-state index contributed by atoms with van der Waals surface area (Å²) < 4.78 is 8.38. The first-order valence-electron chi connectivity index (χ1n) is 5.37. The Labute approximate surface area is 107 Å². The number of amides is 1. The second kappa shape index (κ2) is 3.77. The van der Waals surface area contributed by atoms with Crippen LogP contribution in [0.25, 0.3) is 10.9 Å². The van der Waals surface area contributed by atoms with Crippen molar-refractivity contribution in [2.24, 2.45) is 0 Å². The predicted octanol–water partition coefficient (Wildman–Crippen LogP) is 2.16. The van der Waals surface area contributed by atoms with Crippen LogP contribution in [0, 0.1) is 0 Å². The predicted molar refractivity (Wildman–Crippen MR) is 68.5 cm³/mol. The van der Waals surface area contributed by atoms with E-state index < -0.39 is 0 Å². The van der Waals surface area contributed by atoms with Gasteiger partial charge in [-0.3, -0.25) is 4.79 Å². The lowest BCUT2D eigenvalue weighted by Gasteiger charge is -2.17. The fraction of sp³-hybridized carbons (Fsp3) is 0.250. The topological polar surface area (TPSA) is 43.3 Å². The summed E-state index contributed by atoms with van der Waals surface area (Å²) in [5, 5.41) is 3.80. The maximum atomic E-state index is 11.9. The van der Waals surface area contributed by atoms with E-state index in [2.05, 4.69) is 21.2 Å². The number of methoxy groups -OCH3 is 1. The molecule has 0 spiro atoms. The molecule has 0 atom stereocenters. The van der Waals surface area contributed by atoms with Gasteiger partial charge in [0.2, 0.25) is 0 Å². The minimum atomic E-state index is -0.0730. The molecule has 1 aliphatic heterocycles. The Balaban J connectivity index is 2.47. The summed E-state index contributed by atoms with van der Waals surface area (Å²) in [7, 11) is 1.60. The van der Waals surface area contributed by atoms with Gasteiger partial charge in [0, 0.05) is 22.9 Å². The third-order valence-corrected chi connectivity index (χ3v) is 3.67. The van der Waals surface area contributed by atoms with Gasteiger partial charge in [0.15, 0.2) is 11.4 Å². The van der Waals surface area contributed by atoms with Gasteiger partial charge in [-0.1, -0.05) is 6.07 Å². The molecule has 3 rings (SSSR count). The van der Waals surface area contributed by atoms with E-state index in [0.29, 0.717) is 18.0 Å². The summed E-state index contributed by atoms with van der Waals surface area (Å²) in [6, 6.07) is 5.89. The number of para-hydroxylation sites is 1. The van der Waals surface area contributed by atoms with Gasteiger partial charge in [-0.2, -0.15) is 0 Å². The first-order valence-corrected chi connectivity index (χ1v) is 6.16. The number of carbonyl (C=O) groups excluding carboxylic acids is 1. The Hall–Kier alpha value is -1.49. The number of rotatable bonds is 1. The highest BCUT2D eigenvalue weighted by Crippen LogP contribution is 2.37. The van der Waals surface area contributed by atoms with Crippen LogP contribution < -0.4 is 10.1 Å². The molecule has 0 bridgehead atoms. The van der Waals surface area contributed by atoms with Crippen LogP contribution in [0.15, 0.2) is 22.7 Å². The molecule has 0 radical (unpaired) electrons. The molecule has 17 heavy (non-hydrogen) atoms. The van der Waals surface area contributed by atoms with Crippen LogP contribution in [-0.4, -0.2) is 24.1 Å². The highest BCUT2D eigenvalue weighted by atomic mass is 79.9. The van der Waals surface area contributed by atoms with Gasteiger partial charge >= 0.3 is 0 Å². The number of benzene rings is 1. The molecule has 2 heterocycles. The Bertz CT molecular complexity index is 618. The van der Waals surface area contributed by atoms with Crippen LogP contribution in [0.5, 0.6) is 5.75 Å². The van der Waals surface area contributed by atoms with Gasteiger partial charge < -0.3 is 14.6 Å². The van der Waals surface area contributed by atoms with E-state index in [1.54, 1.807) is 7.11 Å². The van der Waals surface area contributed by atoms with Gasteiger partial charge in [-0.25, -0.2) is 0 Å². The third-order valence-electron chi connectivity index (χ3n) is 3.03. The molecule has 0 saturated carbocycles. The van der Waals surface area contributed by atoms with Crippen molar-refractivity contribution in [2.45, 2.75) is 6.54 Å². The van der Waals surface area contributed by atoms with E-state index in [4.69, 9.17) is 4.74 Å². The van der Waals surface area contributed by atoms with Gasteiger partial charge in [0.05, 0.1) is 12.6 Å². The Morgan fingerprint density at radius 3 is 3.06 bits per heavy atom. The number of nitrogens with zero attached hydrogens (tertiary/aromatic N) is 1. The lowest BCUT2D eigenvalue weighted by Crippen LogP contribution is -2.35. The van der Waals surface area contributed by atoms with Crippen LogP contribution in [0.4, 0.5) is 0 Å². The molecule has 1 N–H and O–H groups in total. The zero-order valence-electron chi connectivity index (χ0n) is 9.29. The Kier molecular flexibility index (Phi) is 2.36. The summed E-state index contributed by atoms with van der Waals surface area (Å²) in [4.78, 5) is 11.9. The van der Waals surface area contributed by atoms with Crippen molar-refractivity contribution in [3.8, 4) is 5.75 Å². The fourth-order valence-electron chi connectivity index (χ4n) is 2.36. The van der Waals surface area contributed by atoms with E-state index in [-0.39, 0.29) is 5.91 Å². The zero-order chi connectivity index (χ0) is 12.0. The fourth-order valence-corrected chi connectivity index (χ4v) is 2.94. The Morgan fingerprint density at radius 1 is 1.47 bits per heavy atom. The molecular formula is C12H11BrN2O2. The molecule has 0 unspecified atom stereocenters. The second-order valence-corrected chi connectivity index (χ2v) is 4.78. The molecule has 2 aromatic rings. The molecule has 5 heteroatoms. The highest BCUT2D eigenvalue weighted by Gasteiger charge is 2.27. The maximum Gasteiger partial charge on any atom is 0.271 e. The lowest BCUT2D eigenvalue weighted by molar-refractivity contribution is 0.0925. The van der Waals surface area contributed by atoms with E-state index >= 15 is 0 Å². The average molecular weight is 295 g/mol. The third kappa shape index (κ3) is 1.38. The molecule has 1 aromatic carbocycles. The molecule has 0 saturated heterocycles. The summed E-state index contributed by atoms with van der Waals surface area (Å²) >= 11 is 3.53. The number of nitrogens with one attached hydrogen (secondary N) is 1. The standard InChI is InChI=1S/C12H11BrN2O2/c1-17-11-7-3-2-4-8(13)9(7)15-6-5-14-12(16)10(11)15/h2-4H,5-6H2,1H3,(H,14,16). The molecule has 4 nitrogen and oxygen atoms in total. The molecule has 0 aliphatic carbocycles. The first-order chi connectivity index (χ1) is 8.24. The molecule has 1 aliphatic rings. The average Bonchev–Trinajstić information content (AvgIpc) is 2.65. The van der Waals surface area contributed by atoms with Crippen LogP contribution >= 0.6 is 15.9 Å². The number of ether oxygens (including phenoxy) is 1. The van der Waals surface area contributed by atoms with Crippen molar-refractivity contribution in [1.82, 2.24) is 9.88 Å². The second-order valence-electron chi connectivity index (χ2n) is 3.93. The summed E-state index contributed by atoms with van der Waals surface area (Å²) in [6.45, 7) is 1.42. The number of halogens is 1. The van der Waals surface area contributed by atoms with E-state index in [0.717, 1.165) is 21.9 Å². The smallest absolute Gasteiger partial charge is 0.271 e. The van der Waals surface area contributed by atoms with Crippen molar-refractivity contribution >= 4 is 32.7 Å². The number of fused-ring (bicyclic) bond motifs is 3. The quantitative estimate of drug-likeness (QED) is 0.876. The molecular weight excluding hydrogens is 284 g/mol. The number of carbonyl (C=O) groups is 1.